The Morgan fingerprint density at radius 2 is 1.53 bits per heavy atom. The Morgan fingerprint density at radius 3 is 2.20 bits per heavy atom. The molecule has 1 N–H and O–H groups in total. The molecule has 0 spiro atoms. The highest BCUT2D eigenvalue weighted by molar-refractivity contribution is 7.92. The maximum atomic E-state index is 12.9. The molecule has 0 aliphatic rings. The second-order valence-corrected chi connectivity index (χ2v) is 8.30. The summed E-state index contributed by atoms with van der Waals surface area (Å²) in [5.41, 5.74) is -0.877. The molecule has 30 heavy (non-hydrogen) atoms. The zero-order chi connectivity index (χ0) is 21.9. The Balaban J connectivity index is 1.93. The van der Waals surface area contributed by atoms with Crippen molar-refractivity contribution in [3.8, 4) is 0 Å². The number of alkyl halides is 3. The molecule has 1 amide bonds. The first-order valence-corrected chi connectivity index (χ1v) is 10.2. The number of para-hydroxylation sites is 1. The van der Waals surface area contributed by atoms with E-state index in [-0.39, 0.29) is 21.8 Å². The highest BCUT2D eigenvalue weighted by Crippen LogP contribution is 2.31. The standard InChI is InChI=1S/C21H17F3N2O3S/c1-26(30(28,29)17-10-3-2-4-11-17)19-13-6-5-12-18(19)20(27)25-16-9-7-8-15(14-16)21(22,23)24/h2-14H,1H3,(H,25,27). The van der Waals surface area contributed by atoms with Gasteiger partial charge >= 0.3 is 6.18 Å². The minimum atomic E-state index is -4.55. The maximum Gasteiger partial charge on any atom is 0.416 e. The average Bonchev–Trinajstić information content (AvgIpc) is 2.73. The molecule has 0 aromatic heterocycles. The van der Waals surface area contributed by atoms with Crippen LogP contribution in [0.25, 0.3) is 0 Å². The molecule has 5 nitrogen and oxygen atoms in total. The summed E-state index contributed by atoms with van der Waals surface area (Å²) in [5.74, 6) is -0.736. The molecular formula is C21H17F3N2O3S. The first kappa shape index (κ1) is 21.4. The van der Waals surface area contributed by atoms with Crippen LogP contribution in [0.1, 0.15) is 15.9 Å². The highest BCUT2D eigenvalue weighted by atomic mass is 32.2. The fourth-order valence-corrected chi connectivity index (χ4v) is 4.03. The summed E-state index contributed by atoms with van der Waals surface area (Å²) in [6.07, 6.45) is -4.55. The van der Waals surface area contributed by atoms with Gasteiger partial charge < -0.3 is 5.32 Å². The van der Waals surface area contributed by atoms with E-state index >= 15 is 0 Å². The lowest BCUT2D eigenvalue weighted by molar-refractivity contribution is -0.137. The lowest BCUT2D eigenvalue weighted by atomic mass is 10.1. The van der Waals surface area contributed by atoms with Crippen LogP contribution in [-0.4, -0.2) is 21.4 Å². The Morgan fingerprint density at radius 1 is 0.900 bits per heavy atom. The van der Waals surface area contributed by atoms with Gasteiger partial charge in [0.2, 0.25) is 0 Å². The van der Waals surface area contributed by atoms with Crippen LogP contribution in [0.2, 0.25) is 0 Å². The Kier molecular flexibility index (Phi) is 5.84. The topological polar surface area (TPSA) is 66.5 Å². The minimum absolute atomic E-state index is 0.00285. The molecular weight excluding hydrogens is 417 g/mol. The van der Waals surface area contributed by atoms with E-state index in [2.05, 4.69) is 5.32 Å². The van der Waals surface area contributed by atoms with Crippen LogP contribution in [-0.2, 0) is 16.2 Å². The number of hydrogen-bond acceptors (Lipinski definition) is 3. The first-order chi connectivity index (χ1) is 14.1. The monoisotopic (exact) mass is 434 g/mol. The summed E-state index contributed by atoms with van der Waals surface area (Å²) < 4.78 is 65.5. The Labute approximate surface area is 171 Å². The second kappa shape index (κ2) is 8.19. The Bertz CT molecular complexity index is 1160. The molecule has 3 aromatic rings. The largest absolute Gasteiger partial charge is 0.416 e. The van der Waals surface area contributed by atoms with Crippen LogP contribution >= 0.6 is 0 Å². The van der Waals surface area contributed by atoms with Crippen LogP contribution in [0.3, 0.4) is 0 Å². The van der Waals surface area contributed by atoms with Gasteiger partial charge in [0, 0.05) is 12.7 Å². The summed E-state index contributed by atoms with van der Waals surface area (Å²) >= 11 is 0. The van der Waals surface area contributed by atoms with Gasteiger partial charge in [-0.2, -0.15) is 13.2 Å². The summed E-state index contributed by atoms with van der Waals surface area (Å²) in [7, 11) is -2.64. The zero-order valence-electron chi connectivity index (χ0n) is 15.7. The molecule has 0 atom stereocenters. The molecule has 0 saturated heterocycles. The molecule has 0 radical (unpaired) electrons. The molecule has 156 valence electrons. The number of sulfonamides is 1. The third-order valence-corrected chi connectivity index (χ3v) is 6.12. The van der Waals surface area contributed by atoms with E-state index in [9.17, 15) is 26.4 Å². The number of carbonyl (C=O) groups excluding carboxylic acids is 1. The lowest BCUT2D eigenvalue weighted by Crippen LogP contribution is -2.29. The van der Waals surface area contributed by atoms with Crippen molar-refractivity contribution in [1.82, 2.24) is 0 Å². The van der Waals surface area contributed by atoms with E-state index in [1.54, 1.807) is 24.3 Å². The Hall–Kier alpha value is -3.33. The smallest absolute Gasteiger partial charge is 0.322 e. The maximum absolute atomic E-state index is 12.9. The van der Waals surface area contributed by atoms with Gasteiger partial charge in [0.05, 0.1) is 21.7 Å². The predicted molar refractivity (Wildman–Crippen MR) is 108 cm³/mol. The van der Waals surface area contributed by atoms with Crippen LogP contribution < -0.4 is 9.62 Å². The van der Waals surface area contributed by atoms with E-state index < -0.39 is 27.7 Å². The number of anilines is 2. The predicted octanol–water partition coefficient (Wildman–Crippen LogP) is 4.78. The number of benzene rings is 3. The number of halogens is 3. The van der Waals surface area contributed by atoms with Gasteiger partial charge in [-0.1, -0.05) is 36.4 Å². The van der Waals surface area contributed by atoms with Crippen molar-refractivity contribution in [1.29, 1.82) is 0 Å². The summed E-state index contributed by atoms with van der Waals surface area (Å²) in [6, 6.07) is 17.8. The number of carbonyl (C=O) groups is 1. The molecule has 0 saturated carbocycles. The van der Waals surface area contributed by atoms with Crippen molar-refractivity contribution >= 4 is 27.3 Å². The van der Waals surface area contributed by atoms with E-state index in [1.807, 2.05) is 0 Å². The van der Waals surface area contributed by atoms with Crippen LogP contribution in [0.15, 0.2) is 83.8 Å². The zero-order valence-corrected chi connectivity index (χ0v) is 16.5. The van der Waals surface area contributed by atoms with Gasteiger partial charge in [-0.05, 0) is 42.5 Å². The quantitative estimate of drug-likeness (QED) is 0.628. The van der Waals surface area contributed by atoms with Gasteiger partial charge in [0.1, 0.15) is 0 Å². The van der Waals surface area contributed by atoms with Crippen molar-refractivity contribution in [3.05, 3.63) is 90.0 Å². The molecule has 3 rings (SSSR count). The summed E-state index contributed by atoms with van der Waals surface area (Å²) in [5, 5.41) is 2.40. The fourth-order valence-electron chi connectivity index (χ4n) is 2.79. The second-order valence-electron chi connectivity index (χ2n) is 6.34. The molecule has 0 aliphatic heterocycles. The lowest BCUT2D eigenvalue weighted by Gasteiger charge is -2.22. The van der Waals surface area contributed by atoms with Crippen molar-refractivity contribution in [3.63, 3.8) is 0 Å². The highest BCUT2D eigenvalue weighted by Gasteiger charge is 2.31. The number of rotatable bonds is 5. The van der Waals surface area contributed by atoms with Crippen LogP contribution in [0.4, 0.5) is 24.5 Å². The van der Waals surface area contributed by atoms with Crippen molar-refractivity contribution in [2.24, 2.45) is 0 Å². The molecule has 0 heterocycles. The number of nitrogens with one attached hydrogen (secondary N) is 1. The number of amides is 1. The number of hydrogen-bond donors (Lipinski definition) is 1. The van der Waals surface area contributed by atoms with Gasteiger partial charge in [0.15, 0.2) is 0 Å². The molecule has 0 bridgehead atoms. The van der Waals surface area contributed by atoms with E-state index in [4.69, 9.17) is 0 Å². The van der Waals surface area contributed by atoms with Gasteiger partial charge in [-0.15, -0.1) is 0 Å². The molecule has 3 aromatic carbocycles. The van der Waals surface area contributed by atoms with Gasteiger partial charge in [-0.3, -0.25) is 9.10 Å². The molecule has 0 unspecified atom stereocenters. The fraction of sp³-hybridized carbons (Fsp3) is 0.0952. The third-order valence-electron chi connectivity index (χ3n) is 4.34. The van der Waals surface area contributed by atoms with Crippen molar-refractivity contribution in [2.75, 3.05) is 16.7 Å². The van der Waals surface area contributed by atoms with Gasteiger partial charge in [-0.25, -0.2) is 8.42 Å². The summed E-state index contributed by atoms with van der Waals surface area (Å²) in [4.78, 5) is 12.8. The van der Waals surface area contributed by atoms with Crippen molar-refractivity contribution in [2.45, 2.75) is 11.1 Å². The molecule has 9 heteroatoms. The van der Waals surface area contributed by atoms with Crippen molar-refractivity contribution < 1.29 is 26.4 Å². The van der Waals surface area contributed by atoms with E-state index in [0.29, 0.717) is 0 Å². The first-order valence-electron chi connectivity index (χ1n) is 8.72. The molecule has 0 aliphatic carbocycles. The third kappa shape index (κ3) is 4.46. The molecule has 0 fully saturated rings. The SMILES string of the molecule is CN(c1ccccc1C(=O)Nc1cccc(C(F)(F)F)c1)S(=O)(=O)c1ccccc1. The normalized spacial score (nSPS) is 11.7. The van der Waals surface area contributed by atoms with Crippen LogP contribution in [0, 0.1) is 0 Å². The number of nitrogens with zero attached hydrogens (tertiary/aromatic N) is 1. The van der Waals surface area contributed by atoms with E-state index in [1.165, 1.54) is 49.5 Å². The van der Waals surface area contributed by atoms with Gasteiger partial charge in [0.25, 0.3) is 15.9 Å². The van der Waals surface area contributed by atoms with Crippen LogP contribution in [0.5, 0.6) is 0 Å². The van der Waals surface area contributed by atoms with E-state index in [0.717, 1.165) is 16.4 Å². The summed E-state index contributed by atoms with van der Waals surface area (Å²) in [6.45, 7) is 0. The average molecular weight is 434 g/mol. The minimum Gasteiger partial charge on any atom is -0.322 e.